The minimum Gasteiger partial charge on any atom is -0.466 e. The molecule has 0 amide bonds. The van der Waals surface area contributed by atoms with Crippen LogP contribution in [0.25, 0.3) is 0 Å². The van der Waals surface area contributed by atoms with E-state index in [0.717, 1.165) is 0 Å². The van der Waals surface area contributed by atoms with Gasteiger partial charge in [0.25, 0.3) is 10.0 Å². The molecule has 0 aliphatic heterocycles. The van der Waals surface area contributed by atoms with Crippen LogP contribution in [-0.2, 0) is 19.6 Å². The summed E-state index contributed by atoms with van der Waals surface area (Å²) in [5.74, 6) is -0.557. The van der Waals surface area contributed by atoms with Crippen molar-refractivity contribution in [3.63, 3.8) is 0 Å². The van der Waals surface area contributed by atoms with Crippen molar-refractivity contribution in [1.29, 1.82) is 0 Å². The van der Waals surface area contributed by atoms with E-state index < -0.39 is 16.0 Å². The summed E-state index contributed by atoms with van der Waals surface area (Å²) >= 11 is 4.80. The predicted molar refractivity (Wildman–Crippen MR) is 70.6 cm³/mol. The van der Waals surface area contributed by atoms with Crippen LogP contribution in [0.5, 0.6) is 0 Å². The molecule has 5 nitrogen and oxygen atoms in total. The van der Waals surface area contributed by atoms with E-state index in [1.807, 2.05) is 0 Å². The number of esters is 1. The minimum absolute atomic E-state index is 0.0858. The van der Waals surface area contributed by atoms with Crippen LogP contribution in [0.3, 0.4) is 0 Å². The van der Waals surface area contributed by atoms with Crippen molar-refractivity contribution in [3.8, 4) is 0 Å². The fraction of sp³-hybridized carbons (Fsp3) is 0.273. The van der Waals surface area contributed by atoms with Crippen molar-refractivity contribution < 1.29 is 17.9 Å². The average Bonchev–Trinajstić information content (AvgIpc) is 2.29. The number of hydrogen-bond donors (Lipinski definition) is 1. The normalized spacial score (nSPS) is 10.7. The van der Waals surface area contributed by atoms with Gasteiger partial charge in [0.05, 0.1) is 17.9 Å². The Kier molecular flexibility index (Phi) is 5.24. The fourth-order valence-electron chi connectivity index (χ4n) is 1.19. The molecule has 0 unspecified atom stereocenters. The first-order chi connectivity index (χ1) is 8.45. The molecule has 0 atom stereocenters. The number of carbonyl (C=O) groups is 1. The molecule has 0 saturated carbocycles. The second-order valence-electron chi connectivity index (χ2n) is 3.32. The molecule has 0 aliphatic carbocycles. The van der Waals surface area contributed by atoms with Crippen LogP contribution in [0, 0.1) is 0 Å². The molecule has 0 aromatic heterocycles. The van der Waals surface area contributed by atoms with E-state index in [1.165, 1.54) is 12.1 Å². The molecular weight excluding hydrogens is 274 g/mol. The highest BCUT2D eigenvalue weighted by atomic mass is 32.2. The molecule has 1 N–H and O–H groups in total. The first-order valence-electron chi connectivity index (χ1n) is 5.22. The molecule has 18 heavy (non-hydrogen) atoms. The third-order valence-corrected chi connectivity index (χ3v) is 3.70. The molecule has 1 aromatic carbocycles. The summed E-state index contributed by atoms with van der Waals surface area (Å²) < 4.78 is 30.5. The van der Waals surface area contributed by atoms with E-state index in [4.69, 9.17) is 12.2 Å². The zero-order valence-corrected chi connectivity index (χ0v) is 11.4. The summed E-state index contributed by atoms with van der Waals surface area (Å²) in [6.07, 6.45) is -0.255. The third-order valence-electron chi connectivity index (χ3n) is 1.91. The van der Waals surface area contributed by atoms with Gasteiger partial charge in [0.2, 0.25) is 0 Å². The van der Waals surface area contributed by atoms with E-state index in [0.29, 0.717) is 0 Å². The second kappa shape index (κ2) is 6.46. The minimum atomic E-state index is -3.72. The number of benzene rings is 1. The van der Waals surface area contributed by atoms with Crippen LogP contribution in [0.2, 0.25) is 0 Å². The lowest BCUT2D eigenvalue weighted by Crippen LogP contribution is -2.31. The number of hydrogen-bond acceptors (Lipinski definition) is 5. The number of sulfonamides is 1. The molecule has 0 radical (unpaired) electrons. The molecule has 1 aromatic rings. The maximum absolute atomic E-state index is 11.8. The molecule has 0 heterocycles. The maximum Gasteiger partial charge on any atom is 0.312 e. The molecule has 7 heteroatoms. The van der Waals surface area contributed by atoms with Crippen molar-refractivity contribution in [2.45, 2.75) is 18.2 Å². The zero-order chi connectivity index (χ0) is 13.6. The number of nitrogens with one attached hydrogen (secondary N) is 1. The summed E-state index contributed by atoms with van der Waals surface area (Å²) in [5, 5.41) is 0. The van der Waals surface area contributed by atoms with Gasteiger partial charge in [-0.2, -0.15) is 0 Å². The SMILES string of the molecule is CCOC(=O)CC(=S)NS(=O)(=O)c1ccccc1. The van der Waals surface area contributed by atoms with Crippen LogP contribution in [-0.4, -0.2) is 26.0 Å². The van der Waals surface area contributed by atoms with E-state index in [-0.39, 0.29) is 22.9 Å². The Bertz CT molecular complexity index is 525. The van der Waals surface area contributed by atoms with Gasteiger partial charge in [0.15, 0.2) is 0 Å². The average molecular weight is 287 g/mol. The van der Waals surface area contributed by atoms with E-state index in [9.17, 15) is 13.2 Å². The lowest BCUT2D eigenvalue weighted by Gasteiger charge is -2.08. The van der Waals surface area contributed by atoms with Gasteiger partial charge in [0, 0.05) is 0 Å². The van der Waals surface area contributed by atoms with Crippen LogP contribution in [0.1, 0.15) is 13.3 Å². The van der Waals surface area contributed by atoms with Gasteiger partial charge in [-0.05, 0) is 19.1 Å². The maximum atomic E-state index is 11.8. The monoisotopic (exact) mass is 287 g/mol. The summed E-state index contributed by atoms with van der Waals surface area (Å²) in [6, 6.07) is 7.78. The molecule has 1 rings (SSSR count). The zero-order valence-electron chi connectivity index (χ0n) is 9.75. The quantitative estimate of drug-likeness (QED) is 0.651. The fourth-order valence-corrected chi connectivity index (χ4v) is 2.64. The van der Waals surface area contributed by atoms with Gasteiger partial charge in [-0.1, -0.05) is 30.4 Å². The number of ether oxygens (including phenoxy) is 1. The molecule has 0 fully saturated rings. The third kappa shape index (κ3) is 4.42. The number of thiocarbonyl (C=S) groups is 1. The molecule has 0 bridgehead atoms. The summed E-state index contributed by atoms with van der Waals surface area (Å²) in [6.45, 7) is 1.89. The Hall–Kier alpha value is -1.47. The Balaban J connectivity index is 2.67. The van der Waals surface area contributed by atoms with Gasteiger partial charge in [-0.3, -0.25) is 9.52 Å². The summed E-state index contributed by atoms with van der Waals surface area (Å²) in [4.78, 5) is 11.1. The topological polar surface area (TPSA) is 72.5 Å². The standard InChI is InChI=1S/C11H13NO4S2/c1-2-16-11(13)8-10(17)12-18(14,15)9-6-4-3-5-7-9/h3-7H,2,8H2,1H3,(H,12,17). The van der Waals surface area contributed by atoms with Crippen molar-refractivity contribution in [2.24, 2.45) is 0 Å². The number of carbonyl (C=O) groups excluding carboxylic acids is 1. The Morgan fingerprint density at radius 2 is 1.94 bits per heavy atom. The van der Waals surface area contributed by atoms with Crippen molar-refractivity contribution >= 4 is 33.2 Å². The molecular formula is C11H13NO4S2. The lowest BCUT2D eigenvalue weighted by atomic mass is 10.4. The first-order valence-corrected chi connectivity index (χ1v) is 7.11. The Labute approximate surface area is 111 Å². The number of rotatable bonds is 5. The molecule has 98 valence electrons. The first kappa shape index (κ1) is 14.6. The Morgan fingerprint density at radius 1 is 1.33 bits per heavy atom. The van der Waals surface area contributed by atoms with Crippen molar-refractivity contribution in [2.75, 3.05) is 6.61 Å². The van der Waals surface area contributed by atoms with Gasteiger partial charge in [0.1, 0.15) is 4.99 Å². The Morgan fingerprint density at radius 3 is 2.50 bits per heavy atom. The van der Waals surface area contributed by atoms with Gasteiger partial charge < -0.3 is 4.74 Å². The van der Waals surface area contributed by atoms with E-state index >= 15 is 0 Å². The highest BCUT2D eigenvalue weighted by molar-refractivity contribution is 7.91. The summed E-state index contributed by atoms with van der Waals surface area (Å²) in [5.41, 5.74) is 0. The largest absolute Gasteiger partial charge is 0.466 e. The van der Waals surface area contributed by atoms with E-state index in [2.05, 4.69) is 9.46 Å². The molecule has 0 spiro atoms. The van der Waals surface area contributed by atoms with Gasteiger partial charge >= 0.3 is 5.97 Å². The van der Waals surface area contributed by atoms with E-state index in [1.54, 1.807) is 25.1 Å². The van der Waals surface area contributed by atoms with Crippen LogP contribution in [0.15, 0.2) is 35.2 Å². The van der Waals surface area contributed by atoms with Crippen molar-refractivity contribution in [3.05, 3.63) is 30.3 Å². The molecule has 0 aliphatic rings. The lowest BCUT2D eigenvalue weighted by molar-refractivity contribution is -0.141. The van der Waals surface area contributed by atoms with Gasteiger partial charge in [-0.15, -0.1) is 0 Å². The van der Waals surface area contributed by atoms with Crippen LogP contribution in [0.4, 0.5) is 0 Å². The highest BCUT2D eigenvalue weighted by Gasteiger charge is 2.16. The highest BCUT2D eigenvalue weighted by Crippen LogP contribution is 2.07. The van der Waals surface area contributed by atoms with Gasteiger partial charge in [-0.25, -0.2) is 8.42 Å². The summed E-state index contributed by atoms with van der Waals surface area (Å²) in [7, 11) is -3.72. The van der Waals surface area contributed by atoms with Crippen LogP contribution < -0.4 is 4.72 Å². The predicted octanol–water partition coefficient (Wildman–Crippen LogP) is 1.25. The smallest absolute Gasteiger partial charge is 0.312 e. The second-order valence-corrected chi connectivity index (χ2v) is 5.50. The van der Waals surface area contributed by atoms with Crippen LogP contribution >= 0.6 is 12.2 Å². The van der Waals surface area contributed by atoms with Crippen molar-refractivity contribution in [1.82, 2.24) is 4.72 Å². The molecule has 0 saturated heterocycles.